The van der Waals surface area contributed by atoms with Gasteiger partial charge in [-0.25, -0.2) is 0 Å². The molecule has 21 heavy (non-hydrogen) atoms. The molecule has 0 bridgehead atoms. The van der Waals surface area contributed by atoms with Gasteiger partial charge in [-0.3, -0.25) is 14.3 Å². The van der Waals surface area contributed by atoms with Gasteiger partial charge in [-0.1, -0.05) is 37.3 Å². The number of hydrogen-bond donors (Lipinski definition) is 2. The van der Waals surface area contributed by atoms with Crippen molar-refractivity contribution in [1.29, 1.82) is 0 Å². The maximum Gasteiger partial charge on any atom is 0.325 e. The smallest absolute Gasteiger partial charge is 0.325 e. The van der Waals surface area contributed by atoms with Crippen molar-refractivity contribution >= 4 is 11.9 Å². The molecule has 0 aliphatic carbocycles. The van der Waals surface area contributed by atoms with Crippen molar-refractivity contribution < 1.29 is 14.7 Å². The Morgan fingerprint density at radius 1 is 1.33 bits per heavy atom. The molecule has 110 valence electrons. The monoisotopic (exact) mass is 287 g/mol. The molecule has 1 atom stereocenters. The Bertz CT molecular complexity index is 622. The van der Waals surface area contributed by atoms with Crippen molar-refractivity contribution in [3.05, 3.63) is 53.9 Å². The van der Waals surface area contributed by atoms with Crippen molar-refractivity contribution in [1.82, 2.24) is 15.1 Å². The van der Waals surface area contributed by atoms with Crippen molar-refractivity contribution in [2.75, 3.05) is 0 Å². The van der Waals surface area contributed by atoms with Crippen LogP contribution in [0.1, 0.15) is 35.3 Å². The Labute approximate surface area is 122 Å². The first kappa shape index (κ1) is 14.8. The van der Waals surface area contributed by atoms with Crippen LogP contribution in [0.5, 0.6) is 0 Å². The van der Waals surface area contributed by atoms with E-state index in [-0.39, 0.29) is 18.5 Å². The topological polar surface area (TPSA) is 84.2 Å². The fourth-order valence-electron chi connectivity index (χ4n) is 2.05. The summed E-state index contributed by atoms with van der Waals surface area (Å²) < 4.78 is 1.22. The lowest BCUT2D eigenvalue weighted by Crippen LogP contribution is -2.27. The number of nitrogens with one attached hydrogen (secondary N) is 1. The van der Waals surface area contributed by atoms with E-state index < -0.39 is 5.97 Å². The van der Waals surface area contributed by atoms with Crippen molar-refractivity contribution in [3.63, 3.8) is 0 Å². The Balaban J connectivity index is 2.06. The number of nitrogens with zero attached hydrogens (tertiary/aromatic N) is 2. The highest BCUT2D eigenvalue weighted by molar-refractivity contribution is 5.94. The van der Waals surface area contributed by atoms with E-state index in [1.165, 1.54) is 17.1 Å². The molecule has 0 radical (unpaired) electrons. The van der Waals surface area contributed by atoms with Gasteiger partial charge in [-0.15, -0.1) is 0 Å². The molecule has 0 fully saturated rings. The Hall–Kier alpha value is -2.63. The summed E-state index contributed by atoms with van der Waals surface area (Å²) in [6.07, 6.45) is 3.57. The minimum absolute atomic E-state index is 0.0819. The summed E-state index contributed by atoms with van der Waals surface area (Å²) in [6.45, 7) is 1.73. The standard InChI is InChI=1S/C15H17N3O3/c1-2-13(11-6-4-3-5-7-11)17-15(21)12-8-16-18(9-12)10-14(19)20/h3-9,13H,2,10H2,1H3,(H,17,21)(H,19,20). The van der Waals surface area contributed by atoms with Crippen LogP contribution in [0.4, 0.5) is 0 Å². The SMILES string of the molecule is CCC(NC(=O)c1cnn(CC(=O)O)c1)c1ccccc1. The first-order chi connectivity index (χ1) is 10.1. The molecule has 1 amide bonds. The molecule has 0 saturated carbocycles. The Morgan fingerprint density at radius 2 is 2.05 bits per heavy atom. The van der Waals surface area contributed by atoms with Crippen LogP contribution >= 0.6 is 0 Å². The van der Waals surface area contributed by atoms with E-state index in [0.29, 0.717) is 5.56 Å². The van der Waals surface area contributed by atoms with Crippen LogP contribution < -0.4 is 5.32 Å². The van der Waals surface area contributed by atoms with Gasteiger partial charge in [0.05, 0.1) is 17.8 Å². The molecule has 0 aliphatic heterocycles. The molecule has 6 heteroatoms. The van der Waals surface area contributed by atoms with Crippen LogP contribution in [-0.4, -0.2) is 26.8 Å². The molecule has 2 aromatic rings. The Kier molecular flexibility index (Phi) is 4.71. The van der Waals surface area contributed by atoms with Gasteiger partial charge in [0.1, 0.15) is 6.54 Å². The van der Waals surface area contributed by atoms with Gasteiger partial charge in [0.25, 0.3) is 5.91 Å². The lowest BCUT2D eigenvalue weighted by atomic mass is 10.0. The van der Waals surface area contributed by atoms with E-state index >= 15 is 0 Å². The van der Waals surface area contributed by atoms with Gasteiger partial charge in [-0.2, -0.15) is 5.10 Å². The van der Waals surface area contributed by atoms with Crippen LogP contribution in [0.2, 0.25) is 0 Å². The van der Waals surface area contributed by atoms with E-state index in [9.17, 15) is 9.59 Å². The third kappa shape index (κ3) is 3.92. The fourth-order valence-corrected chi connectivity index (χ4v) is 2.05. The second-order valence-corrected chi connectivity index (χ2v) is 4.67. The first-order valence-corrected chi connectivity index (χ1v) is 6.70. The molecular formula is C15H17N3O3. The number of benzene rings is 1. The maximum absolute atomic E-state index is 12.2. The maximum atomic E-state index is 12.2. The minimum atomic E-state index is -0.999. The Morgan fingerprint density at radius 3 is 2.67 bits per heavy atom. The van der Waals surface area contributed by atoms with Gasteiger partial charge in [0.2, 0.25) is 0 Å². The third-order valence-corrected chi connectivity index (χ3v) is 3.11. The van der Waals surface area contributed by atoms with Crippen LogP contribution in [0.15, 0.2) is 42.7 Å². The number of carboxylic acid groups (broad SMARTS) is 1. The number of hydrogen-bond acceptors (Lipinski definition) is 3. The molecule has 0 aliphatic rings. The van der Waals surface area contributed by atoms with Crippen molar-refractivity contribution in [3.8, 4) is 0 Å². The average molecular weight is 287 g/mol. The highest BCUT2D eigenvalue weighted by Crippen LogP contribution is 2.16. The van der Waals surface area contributed by atoms with Gasteiger partial charge in [-0.05, 0) is 12.0 Å². The van der Waals surface area contributed by atoms with Gasteiger partial charge < -0.3 is 10.4 Å². The lowest BCUT2D eigenvalue weighted by molar-refractivity contribution is -0.137. The highest BCUT2D eigenvalue weighted by Gasteiger charge is 2.15. The van der Waals surface area contributed by atoms with Crippen LogP contribution in [0.3, 0.4) is 0 Å². The van der Waals surface area contributed by atoms with Gasteiger partial charge in [0, 0.05) is 6.20 Å². The molecule has 1 heterocycles. The molecule has 2 N–H and O–H groups in total. The summed E-state index contributed by atoms with van der Waals surface area (Å²) in [5, 5.41) is 15.5. The van der Waals surface area contributed by atoms with Gasteiger partial charge in [0.15, 0.2) is 0 Å². The third-order valence-electron chi connectivity index (χ3n) is 3.11. The summed E-state index contributed by atoms with van der Waals surface area (Å²) >= 11 is 0. The molecule has 1 aromatic heterocycles. The number of amides is 1. The average Bonchev–Trinajstić information content (AvgIpc) is 2.93. The number of carbonyl (C=O) groups is 2. The number of aromatic nitrogens is 2. The van der Waals surface area contributed by atoms with Crippen LogP contribution in [0, 0.1) is 0 Å². The van der Waals surface area contributed by atoms with E-state index in [4.69, 9.17) is 5.11 Å². The molecule has 0 saturated heterocycles. The second-order valence-electron chi connectivity index (χ2n) is 4.67. The van der Waals surface area contributed by atoms with Crippen LogP contribution in [0.25, 0.3) is 0 Å². The quantitative estimate of drug-likeness (QED) is 0.849. The zero-order valence-corrected chi connectivity index (χ0v) is 11.7. The number of carbonyl (C=O) groups excluding carboxylic acids is 1. The molecular weight excluding hydrogens is 270 g/mol. The number of rotatable bonds is 6. The zero-order valence-electron chi connectivity index (χ0n) is 11.7. The van der Waals surface area contributed by atoms with Crippen molar-refractivity contribution in [2.45, 2.75) is 25.9 Å². The summed E-state index contributed by atoms with van der Waals surface area (Å²) in [4.78, 5) is 22.8. The van der Waals surface area contributed by atoms with E-state index in [1.807, 2.05) is 37.3 Å². The number of aliphatic carboxylic acids is 1. The highest BCUT2D eigenvalue weighted by atomic mass is 16.4. The van der Waals surface area contributed by atoms with E-state index in [0.717, 1.165) is 12.0 Å². The lowest BCUT2D eigenvalue weighted by Gasteiger charge is -2.16. The van der Waals surface area contributed by atoms with Crippen molar-refractivity contribution in [2.24, 2.45) is 0 Å². The van der Waals surface area contributed by atoms with Crippen LogP contribution in [-0.2, 0) is 11.3 Å². The summed E-state index contributed by atoms with van der Waals surface area (Å²) in [7, 11) is 0. The molecule has 2 rings (SSSR count). The first-order valence-electron chi connectivity index (χ1n) is 6.70. The summed E-state index contributed by atoms with van der Waals surface area (Å²) in [6, 6.07) is 9.62. The molecule has 1 unspecified atom stereocenters. The van der Waals surface area contributed by atoms with E-state index in [1.54, 1.807) is 0 Å². The zero-order chi connectivity index (χ0) is 15.2. The predicted octanol–water partition coefficient (Wildman–Crippen LogP) is 1.85. The summed E-state index contributed by atoms with van der Waals surface area (Å²) in [5.74, 6) is -1.26. The predicted molar refractivity (Wildman–Crippen MR) is 76.8 cm³/mol. The molecule has 0 spiro atoms. The largest absolute Gasteiger partial charge is 0.480 e. The molecule has 6 nitrogen and oxygen atoms in total. The van der Waals surface area contributed by atoms with Gasteiger partial charge >= 0.3 is 5.97 Å². The fraction of sp³-hybridized carbons (Fsp3) is 0.267. The molecule has 1 aromatic carbocycles. The second kappa shape index (κ2) is 6.69. The van der Waals surface area contributed by atoms with E-state index in [2.05, 4.69) is 10.4 Å². The summed E-state index contributed by atoms with van der Waals surface area (Å²) in [5.41, 5.74) is 1.39. The number of carboxylic acids is 1. The normalized spacial score (nSPS) is 11.9. The minimum Gasteiger partial charge on any atom is -0.480 e.